The van der Waals surface area contributed by atoms with Crippen molar-refractivity contribution < 1.29 is 9.50 Å². The lowest BCUT2D eigenvalue weighted by Gasteiger charge is -2.22. The average molecular weight is 241 g/mol. The van der Waals surface area contributed by atoms with Crippen molar-refractivity contribution in [2.24, 2.45) is 5.92 Å². The Hall–Kier alpha value is -0.860. The largest absolute Gasteiger partial charge is 0.396 e. The second-order valence-corrected chi connectivity index (χ2v) is 4.51. The van der Waals surface area contributed by atoms with E-state index in [9.17, 15) is 9.50 Å². The van der Waals surface area contributed by atoms with Crippen molar-refractivity contribution in [3.05, 3.63) is 40.7 Å². The number of aliphatic hydroxyl groups excluding tert-OH is 1. The van der Waals surface area contributed by atoms with Crippen LogP contribution in [0.2, 0.25) is 5.02 Å². The van der Waals surface area contributed by atoms with E-state index in [1.165, 1.54) is 6.07 Å². The molecule has 1 nitrogen and oxygen atoms in total. The van der Waals surface area contributed by atoms with Gasteiger partial charge in [-0.05, 0) is 42.5 Å². The molecule has 3 heteroatoms. The summed E-state index contributed by atoms with van der Waals surface area (Å²) in [6.07, 6.45) is 5.14. The molecule has 1 aliphatic carbocycles. The van der Waals surface area contributed by atoms with Gasteiger partial charge in [0.2, 0.25) is 0 Å². The Morgan fingerprint density at radius 3 is 2.94 bits per heavy atom. The molecule has 0 amide bonds. The highest BCUT2D eigenvalue weighted by Gasteiger charge is 2.18. The number of benzene rings is 1. The number of aliphatic hydroxyl groups is 1. The molecule has 0 unspecified atom stereocenters. The smallest absolute Gasteiger partial charge is 0.142 e. The second-order valence-electron chi connectivity index (χ2n) is 4.10. The monoisotopic (exact) mass is 240 g/mol. The van der Waals surface area contributed by atoms with E-state index >= 15 is 0 Å². The van der Waals surface area contributed by atoms with Gasteiger partial charge in [0.15, 0.2) is 0 Å². The fraction of sp³-hybridized carbons (Fsp3) is 0.385. The van der Waals surface area contributed by atoms with Gasteiger partial charge in [0, 0.05) is 12.5 Å². The number of allylic oxidation sites excluding steroid dienone is 1. The highest BCUT2D eigenvalue weighted by Crippen LogP contribution is 2.33. The number of hydrogen-bond acceptors (Lipinski definition) is 1. The average Bonchev–Trinajstić information content (AvgIpc) is 2.32. The van der Waals surface area contributed by atoms with Gasteiger partial charge in [0.25, 0.3) is 0 Å². The lowest BCUT2D eigenvalue weighted by molar-refractivity contribution is 0.246. The first-order chi connectivity index (χ1) is 7.72. The van der Waals surface area contributed by atoms with Gasteiger partial charge in [0.05, 0.1) is 5.02 Å². The number of halogens is 2. The van der Waals surface area contributed by atoms with Gasteiger partial charge in [-0.15, -0.1) is 0 Å². The molecule has 0 heterocycles. The quantitative estimate of drug-likeness (QED) is 0.837. The molecular weight excluding hydrogens is 227 g/mol. The minimum Gasteiger partial charge on any atom is -0.396 e. The normalized spacial score (nSPS) is 20.7. The molecule has 16 heavy (non-hydrogen) atoms. The summed E-state index contributed by atoms with van der Waals surface area (Å²) in [4.78, 5) is 0. The van der Waals surface area contributed by atoms with E-state index in [2.05, 4.69) is 6.08 Å². The molecule has 1 atom stereocenters. The predicted octanol–water partition coefficient (Wildman–Crippen LogP) is 3.65. The highest BCUT2D eigenvalue weighted by atomic mass is 35.5. The van der Waals surface area contributed by atoms with E-state index in [0.717, 1.165) is 30.4 Å². The topological polar surface area (TPSA) is 20.2 Å². The summed E-state index contributed by atoms with van der Waals surface area (Å²) in [6.45, 7) is 0.121. The molecule has 0 fully saturated rings. The van der Waals surface area contributed by atoms with Crippen molar-refractivity contribution in [1.82, 2.24) is 0 Å². The molecular formula is C13H14ClFO. The van der Waals surface area contributed by atoms with Gasteiger partial charge in [-0.2, -0.15) is 0 Å². The minimum absolute atomic E-state index is 0.121. The molecule has 1 aromatic carbocycles. The van der Waals surface area contributed by atoms with E-state index in [4.69, 9.17) is 11.6 Å². The molecule has 0 saturated heterocycles. The van der Waals surface area contributed by atoms with Crippen LogP contribution in [0.15, 0.2) is 24.3 Å². The molecule has 0 radical (unpaired) electrons. The maximum Gasteiger partial charge on any atom is 0.142 e. The van der Waals surface area contributed by atoms with E-state index < -0.39 is 5.82 Å². The Labute approximate surface area is 99.6 Å². The van der Waals surface area contributed by atoms with E-state index in [-0.39, 0.29) is 17.5 Å². The lowest BCUT2D eigenvalue weighted by Crippen LogP contribution is -2.12. The standard InChI is InChI=1S/C13H14ClFO/c14-12-6-5-9(7-13(12)15)11-4-2-1-3-10(11)8-16/h4-7,10,16H,1-3,8H2/t10-/m1/s1. The molecule has 0 aliphatic heterocycles. The first kappa shape index (κ1) is 11.6. The van der Waals surface area contributed by atoms with Gasteiger partial charge in [0.1, 0.15) is 5.82 Å². The van der Waals surface area contributed by atoms with Gasteiger partial charge < -0.3 is 5.11 Å². The summed E-state index contributed by atoms with van der Waals surface area (Å²) >= 11 is 5.65. The van der Waals surface area contributed by atoms with Gasteiger partial charge >= 0.3 is 0 Å². The van der Waals surface area contributed by atoms with E-state index in [1.54, 1.807) is 6.07 Å². The van der Waals surface area contributed by atoms with E-state index in [0.29, 0.717) is 0 Å². The summed E-state index contributed by atoms with van der Waals surface area (Å²) in [6, 6.07) is 4.82. The molecule has 1 aliphatic rings. The molecule has 0 saturated carbocycles. The Balaban J connectivity index is 2.35. The van der Waals surface area contributed by atoms with Crippen LogP contribution in [0.3, 0.4) is 0 Å². The number of hydrogen-bond donors (Lipinski definition) is 1. The Morgan fingerprint density at radius 1 is 1.44 bits per heavy atom. The first-order valence-corrected chi connectivity index (χ1v) is 5.86. The van der Waals surface area contributed by atoms with Crippen LogP contribution in [0, 0.1) is 11.7 Å². The van der Waals surface area contributed by atoms with Crippen LogP contribution in [-0.2, 0) is 0 Å². The Kier molecular flexibility index (Phi) is 3.62. The zero-order chi connectivity index (χ0) is 11.5. The SMILES string of the molecule is OC[C@H]1CCCC=C1c1ccc(Cl)c(F)c1. The maximum absolute atomic E-state index is 13.3. The van der Waals surface area contributed by atoms with E-state index in [1.807, 2.05) is 6.07 Å². The van der Waals surface area contributed by atoms with Crippen LogP contribution < -0.4 is 0 Å². The van der Waals surface area contributed by atoms with Crippen molar-refractivity contribution in [1.29, 1.82) is 0 Å². The van der Waals surface area contributed by atoms with Crippen LogP contribution >= 0.6 is 11.6 Å². The third-order valence-electron chi connectivity index (χ3n) is 3.03. The van der Waals surface area contributed by atoms with Crippen molar-refractivity contribution in [2.45, 2.75) is 19.3 Å². The molecule has 0 aromatic heterocycles. The first-order valence-electron chi connectivity index (χ1n) is 5.48. The Bertz CT molecular complexity index is 414. The van der Waals surface area contributed by atoms with Crippen LogP contribution in [0.25, 0.3) is 5.57 Å². The molecule has 1 N–H and O–H groups in total. The van der Waals surface area contributed by atoms with Crippen LogP contribution in [0.5, 0.6) is 0 Å². The predicted molar refractivity (Wildman–Crippen MR) is 63.8 cm³/mol. The summed E-state index contributed by atoms with van der Waals surface area (Å²) in [7, 11) is 0. The molecule has 2 rings (SSSR count). The third kappa shape index (κ3) is 2.28. The minimum atomic E-state index is -0.401. The summed E-state index contributed by atoms with van der Waals surface area (Å²) < 4.78 is 13.3. The van der Waals surface area contributed by atoms with Crippen LogP contribution in [0.1, 0.15) is 24.8 Å². The highest BCUT2D eigenvalue weighted by molar-refractivity contribution is 6.30. The summed E-state index contributed by atoms with van der Waals surface area (Å²) in [5, 5.41) is 9.43. The second kappa shape index (κ2) is 4.98. The van der Waals surface area contributed by atoms with Crippen molar-refractivity contribution >= 4 is 17.2 Å². The van der Waals surface area contributed by atoms with Crippen molar-refractivity contribution in [3.8, 4) is 0 Å². The fourth-order valence-electron chi connectivity index (χ4n) is 2.16. The van der Waals surface area contributed by atoms with Gasteiger partial charge in [-0.25, -0.2) is 4.39 Å². The van der Waals surface area contributed by atoms with Crippen LogP contribution in [-0.4, -0.2) is 11.7 Å². The molecule has 0 bridgehead atoms. The zero-order valence-corrected chi connectivity index (χ0v) is 9.67. The Morgan fingerprint density at radius 2 is 2.25 bits per heavy atom. The molecule has 86 valence electrons. The van der Waals surface area contributed by atoms with Crippen molar-refractivity contribution in [2.75, 3.05) is 6.61 Å². The zero-order valence-electron chi connectivity index (χ0n) is 8.92. The summed E-state index contributed by atoms with van der Waals surface area (Å²) in [5.41, 5.74) is 1.88. The van der Waals surface area contributed by atoms with Crippen molar-refractivity contribution in [3.63, 3.8) is 0 Å². The molecule has 1 aromatic rings. The lowest BCUT2D eigenvalue weighted by atomic mass is 9.84. The maximum atomic E-state index is 13.3. The van der Waals surface area contributed by atoms with Crippen LogP contribution in [0.4, 0.5) is 4.39 Å². The number of rotatable bonds is 2. The fourth-order valence-corrected chi connectivity index (χ4v) is 2.28. The summed E-state index contributed by atoms with van der Waals surface area (Å²) in [5.74, 6) is -0.267. The molecule has 0 spiro atoms. The van der Waals surface area contributed by atoms with Gasteiger partial charge in [-0.3, -0.25) is 0 Å². The third-order valence-corrected chi connectivity index (χ3v) is 3.34. The van der Waals surface area contributed by atoms with Gasteiger partial charge in [-0.1, -0.05) is 23.7 Å².